The van der Waals surface area contributed by atoms with Crippen LogP contribution in [0.2, 0.25) is 0 Å². The lowest BCUT2D eigenvalue weighted by atomic mass is 10.1. The molecule has 29 heavy (non-hydrogen) atoms. The van der Waals surface area contributed by atoms with E-state index in [-0.39, 0.29) is 40.1 Å². The average Bonchev–Trinajstić information content (AvgIpc) is 3.04. The van der Waals surface area contributed by atoms with Crippen LogP contribution in [0, 0.1) is 0 Å². The van der Waals surface area contributed by atoms with E-state index < -0.39 is 17.6 Å². The van der Waals surface area contributed by atoms with Crippen molar-refractivity contribution in [2.24, 2.45) is 5.73 Å². The van der Waals surface area contributed by atoms with E-state index in [4.69, 9.17) is 5.73 Å². The number of nitrogens with zero attached hydrogens (tertiary/aromatic N) is 3. The number of hydrogen-bond donors (Lipinski definition) is 2. The standard InChI is InChI=1S/C18H22F3N5O2S/c1-10(2)23-14(27)8-25-3-5-26(6-4-25)13-7-12(18(19,20)21)16-15(24-13)11(9-29-16)17(22)28/h7,9-10H,3-6,8H2,1-2H3,(H2,22,28)(H,23,27). The molecule has 1 aliphatic rings. The molecule has 0 saturated carbocycles. The quantitative estimate of drug-likeness (QED) is 0.759. The molecule has 1 aliphatic heterocycles. The van der Waals surface area contributed by atoms with Gasteiger partial charge in [0.15, 0.2) is 0 Å². The molecule has 0 spiro atoms. The van der Waals surface area contributed by atoms with E-state index in [0.29, 0.717) is 26.2 Å². The van der Waals surface area contributed by atoms with Crippen molar-refractivity contribution in [1.82, 2.24) is 15.2 Å². The lowest BCUT2D eigenvalue weighted by Crippen LogP contribution is -2.50. The van der Waals surface area contributed by atoms with Gasteiger partial charge in [-0.05, 0) is 19.9 Å². The number of fused-ring (bicyclic) bond motifs is 1. The van der Waals surface area contributed by atoms with Crippen molar-refractivity contribution in [3.05, 3.63) is 22.6 Å². The monoisotopic (exact) mass is 429 g/mol. The third kappa shape index (κ3) is 4.78. The van der Waals surface area contributed by atoms with Gasteiger partial charge in [0.05, 0.1) is 27.9 Å². The maximum absolute atomic E-state index is 13.6. The lowest BCUT2D eigenvalue weighted by Gasteiger charge is -2.35. The zero-order chi connectivity index (χ0) is 21.3. The van der Waals surface area contributed by atoms with Gasteiger partial charge in [0.1, 0.15) is 5.82 Å². The average molecular weight is 429 g/mol. The Morgan fingerprint density at radius 3 is 2.48 bits per heavy atom. The van der Waals surface area contributed by atoms with Gasteiger partial charge in [-0.3, -0.25) is 14.5 Å². The molecule has 0 bridgehead atoms. The summed E-state index contributed by atoms with van der Waals surface area (Å²) >= 11 is 0.809. The summed E-state index contributed by atoms with van der Waals surface area (Å²) in [6, 6.07) is 1.07. The Kier molecular flexibility index (Phi) is 5.99. The van der Waals surface area contributed by atoms with E-state index in [0.717, 1.165) is 17.4 Å². The van der Waals surface area contributed by atoms with Gasteiger partial charge in [0.25, 0.3) is 5.91 Å². The van der Waals surface area contributed by atoms with Crippen molar-refractivity contribution < 1.29 is 22.8 Å². The molecule has 7 nitrogen and oxygen atoms in total. The van der Waals surface area contributed by atoms with Crippen molar-refractivity contribution >= 4 is 39.2 Å². The number of nitrogens with one attached hydrogen (secondary N) is 1. The fraction of sp³-hybridized carbons (Fsp3) is 0.500. The number of piperazine rings is 1. The number of alkyl halides is 3. The molecule has 3 N–H and O–H groups in total. The van der Waals surface area contributed by atoms with Gasteiger partial charge < -0.3 is 16.0 Å². The summed E-state index contributed by atoms with van der Waals surface area (Å²) in [4.78, 5) is 31.5. The van der Waals surface area contributed by atoms with E-state index in [1.807, 2.05) is 18.7 Å². The first-order chi connectivity index (χ1) is 13.6. The Balaban J connectivity index is 1.83. The second kappa shape index (κ2) is 8.15. The molecule has 1 saturated heterocycles. The Bertz CT molecular complexity index is 920. The van der Waals surface area contributed by atoms with Crippen LogP contribution < -0.4 is 16.0 Å². The van der Waals surface area contributed by atoms with Crippen LogP contribution in [-0.4, -0.2) is 60.5 Å². The number of hydrogen-bond acceptors (Lipinski definition) is 6. The number of carbonyl (C=O) groups is 2. The number of aromatic nitrogens is 1. The third-order valence-corrected chi connectivity index (χ3v) is 5.60. The molecular formula is C18H22F3N5O2S. The number of halogens is 3. The normalized spacial score (nSPS) is 15.9. The van der Waals surface area contributed by atoms with Crippen LogP contribution in [0.5, 0.6) is 0 Å². The molecule has 1 fully saturated rings. The molecule has 3 rings (SSSR count). The molecule has 11 heteroatoms. The van der Waals surface area contributed by atoms with Crippen LogP contribution >= 0.6 is 11.3 Å². The third-order valence-electron chi connectivity index (χ3n) is 4.59. The summed E-state index contributed by atoms with van der Waals surface area (Å²) in [6.07, 6.45) is -4.58. The Morgan fingerprint density at radius 2 is 1.93 bits per heavy atom. The van der Waals surface area contributed by atoms with Gasteiger partial charge in [0, 0.05) is 37.6 Å². The molecule has 2 aromatic heterocycles. The smallest absolute Gasteiger partial charge is 0.366 e. The minimum absolute atomic E-state index is 0.0126. The molecule has 158 valence electrons. The summed E-state index contributed by atoms with van der Waals surface area (Å²) in [7, 11) is 0. The highest BCUT2D eigenvalue weighted by atomic mass is 32.1. The molecule has 0 unspecified atom stereocenters. The van der Waals surface area contributed by atoms with Crippen LogP contribution in [0.4, 0.5) is 19.0 Å². The van der Waals surface area contributed by atoms with Gasteiger partial charge in [0.2, 0.25) is 5.91 Å². The second-order valence-corrected chi connectivity index (χ2v) is 8.08. The topological polar surface area (TPSA) is 91.6 Å². The number of carbonyl (C=O) groups excluding carboxylic acids is 2. The summed E-state index contributed by atoms with van der Waals surface area (Å²) in [5.41, 5.74) is 4.44. The fourth-order valence-corrected chi connectivity index (χ4v) is 4.28. The van der Waals surface area contributed by atoms with Crippen LogP contribution in [-0.2, 0) is 11.0 Å². The number of anilines is 1. The molecule has 2 amide bonds. The van der Waals surface area contributed by atoms with Crippen LogP contribution in [0.25, 0.3) is 10.2 Å². The number of pyridine rings is 1. The van der Waals surface area contributed by atoms with Crippen LogP contribution in [0.1, 0.15) is 29.8 Å². The summed E-state index contributed by atoms with van der Waals surface area (Å²) in [5, 5.41) is 4.13. The van der Waals surface area contributed by atoms with E-state index >= 15 is 0 Å². The van der Waals surface area contributed by atoms with Crippen molar-refractivity contribution in [3.63, 3.8) is 0 Å². The Labute approximate surface area is 169 Å². The zero-order valence-corrected chi connectivity index (χ0v) is 16.9. The van der Waals surface area contributed by atoms with Crippen molar-refractivity contribution in [2.45, 2.75) is 26.1 Å². The molecular weight excluding hydrogens is 407 g/mol. The maximum Gasteiger partial charge on any atom is 0.417 e. The first-order valence-electron chi connectivity index (χ1n) is 9.12. The van der Waals surface area contributed by atoms with E-state index in [1.54, 1.807) is 4.90 Å². The highest BCUT2D eigenvalue weighted by Crippen LogP contribution is 2.40. The van der Waals surface area contributed by atoms with Gasteiger partial charge in [-0.15, -0.1) is 11.3 Å². The minimum atomic E-state index is -4.58. The Morgan fingerprint density at radius 1 is 1.28 bits per heavy atom. The number of rotatable bonds is 5. The van der Waals surface area contributed by atoms with Crippen molar-refractivity contribution in [1.29, 1.82) is 0 Å². The van der Waals surface area contributed by atoms with E-state index in [9.17, 15) is 22.8 Å². The Hall–Kier alpha value is -2.40. The molecule has 0 radical (unpaired) electrons. The highest BCUT2D eigenvalue weighted by Gasteiger charge is 2.36. The highest BCUT2D eigenvalue weighted by molar-refractivity contribution is 7.17. The van der Waals surface area contributed by atoms with E-state index in [2.05, 4.69) is 10.3 Å². The van der Waals surface area contributed by atoms with Crippen LogP contribution in [0.15, 0.2) is 11.4 Å². The van der Waals surface area contributed by atoms with Gasteiger partial charge in [-0.25, -0.2) is 4.98 Å². The largest absolute Gasteiger partial charge is 0.417 e. The SMILES string of the molecule is CC(C)NC(=O)CN1CCN(c2cc(C(F)(F)F)c3scc(C(N)=O)c3n2)CC1. The number of amides is 2. The van der Waals surface area contributed by atoms with Gasteiger partial charge in [-0.1, -0.05) is 0 Å². The summed E-state index contributed by atoms with van der Waals surface area (Å²) in [5.74, 6) is -0.747. The molecule has 3 heterocycles. The maximum atomic E-state index is 13.6. The van der Waals surface area contributed by atoms with E-state index in [1.165, 1.54) is 5.38 Å². The number of primary amides is 1. The van der Waals surface area contributed by atoms with Gasteiger partial charge >= 0.3 is 6.18 Å². The van der Waals surface area contributed by atoms with Crippen LogP contribution in [0.3, 0.4) is 0 Å². The predicted octanol–water partition coefficient (Wildman–Crippen LogP) is 2.06. The van der Waals surface area contributed by atoms with Gasteiger partial charge in [-0.2, -0.15) is 13.2 Å². The summed E-state index contributed by atoms with van der Waals surface area (Å²) < 4.78 is 40.6. The molecule has 0 atom stereocenters. The first kappa shape index (κ1) is 21.3. The molecule has 0 aromatic carbocycles. The lowest BCUT2D eigenvalue weighted by molar-refractivity contribution is -0.136. The number of nitrogens with two attached hydrogens (primary N) is 1. The van der Waals surface area contributed by atoms with Crippen molar-refractivity contribution in [3.8, 4) is 0 Å². The minimum Gasteiger partial charge on any atom is -0.366 e. The van der Waals surface area contributed by atoms with Crippen molar-refractivity contribution in [2.75, 3.05) is 37.6 Å². The summed E-state index contributed by atoms with van der Waals surface area (Å²) in [6.45, 7) is 5.85. The predicted molar refractivity (Wildman–Crippen MR) is 105 cm³/mol. The molecule has 2 aromatic rings. The number of thiophene rings is 1. The molecule has 0 aliphatic carbocycles. The fourth-order valence-electron chi connectivity index (χ4n) is 3.25. The zero-order valence-electron chi connectivity index (χ0n) is 16.0. The second-order valence-electron chi connectivity index (χ2n) is 7.20. The first-order valence-corrected chi connectivity index (χ1v) is 10.00.